The summed E-state index contributed by atoms with van der Waals surface area (Å²) in [5.41, 5.74) is 0.272. The van der Waals surface area contributed by atoms with Crippen LogP contribution >= 0.6 is 15.9 Å². The molecule has 0 spiro atoms. The fraction of sp³-hybridized carbons (Fsp3) is 0.429. The minimum Gasteiger partial charge on any atom is -0.478 e. The average molecular weight is 357 g/mol. The number of aliphatic hydroxyl groups excluding tert-OH is 1. The number of urea groups is 1. The van der Waals surface area contributed by atoms with Crippen LogP contribution < -0.4 is 5.32 Å². The van der Waals surface area contributed by atoms with Crippen molar-refractivity contribution < 1.29 is 19.8 Å². The van der Waals surface area contributed by atoms with Gasteiger partial charge in [-0.25, -0.2) is 9.59 Å². The number of carbonyl (C=O) groups is 2. The maximum Gasteiger partial charge on any atom is 0.337 e. The van der Waals surface area contributed by atoms with Crippen LogP contribution in [0.15, 0.2) is 22.7 Å². The van der Waals surface area contributed by atoms with Crippen molar-refractivity contribution in [3.63, 3.8) is 0 Å². The van der Waals surface area contributed by atoms with E-state index < -0.39 is 5.97 Å². The minimum atomic E-state index is -1.10. The maximum atomic E-state index is 12.3. The molecule has 0 bridgehead atoms. The van der Waals surface area contributed by atoms with Crippen molar-refractivity contribution in [2.24, 2.45) is 0 Å². The van der Waals surface area contributed by atoms with Gasteiger partial charge in [-0.2, -0.15) is 0 Å². The molecule has 1 aliphatic rings. The molecule has 3 N–H and O–H groups in total. The van der Waals surface area contributed by atoms with E-state index in [-0.39, 0.29) is 36.5 Å². The molecule has 114 valence electrons. The van der Waals surface area contributed by atoms with Crippen LogP contribution in [-0.2, 0) is 0 Å². The lowest BCUT2D eigenvalue weighted by atomic mass is 9.91. The number of hydrogen-bond donors (Lipinski definition) is 3. The number of anilines is 1. The van der Waals surface area contributed by atoms with Crippen LogP contribution in [-0.4, -0.2) is 46.3 Å². The van der Waals surface area contributed by atoms with Crippen molar-refractivity contribution in [2.75, 3.05) is 18.5 Å². The summed E-state index contributed by atoms with van der Waals surface area (Å²) >= 11 is 3.26. The molecular weight excluding hydrogens is 340 g/mol. The third kappa shape index (κ3) is 3.74. The second-order valence-electron chi connectivity index (χ2n) is 4.93. The standard InChI is InChI=1S/C14H17BrN2O4/c15-9-4-5-11(13(19)20)12(8-9)16-14(21)17(6-7-18)10-2-1-3-10/h4-5,8,10,18H,1-3,6-7H2,(H,16,21)(H,19,20). The summed E-state index contributed by atoms with van der Waals surface area (Å²) < 4.78 is 0.681. The van der Waals surface area contributed by atoms with E-state index in [1.807, 2.05) is 0 Å². The smallest absolute Gasteiger partial charge is 0.337 e. The van der Waals surface area contributed by atoms with Gasteiger partial charge in [0, 0.05) is 17.1 Å². The zero-order chi connectivity index (χ0) is 15.4. The Labute approximate surface area is 130 Å². The van der Waals surface area contributed by atoms with Crippen LogP contribution in [0, 0.1) is 0 Å². The molecule has 0 unspecified atom stereocenters. The number of rotatable bonds is 5. The van der Waals surface area contributed by atoms with Crippen molar-refractivity contribution in [3.8, 4) is 0 Å². The van der Waals surface area contributed by atoms with Gasteiger partial charge in [-0.15, -0.1) is 0 Å². The Morgan fingerprint density at radius 3 is 2.62 bits per heavy atom. The second kappa shape index (κ2) is 6.91. The molecule has 1 aliphatic carbocycles. The predicted molar refractivity (Wildman–Crippen MR) is 81.6 cm³/mol. The quantitative estimate of drug-likeness (QED) is 0.755. The van der Waals surface area contributed by atoms with Crippen molar-refractivity contribution in [1.29, 1.82) is 0 Å². The van der Waals surface area contributed by atoms with Crippen molar-refractivity contribution >= 4 is 33.6 Å². The van der Waals surface area contributed by atoms with E-state index >= 15 is 0 Å². The summed E-state index contributed by atoms with van der Waals surface area (Å²) in [5, 5.41) is 20.9. The number of carbonyl (C=O) groups excluding carboxylic acids is 1. The second-order valence-corrected chi connectivity index (χ2v) is 5.84. The summed E-state index contributed by atoms with van der Waals surface area (Å²) in [7, 11) is 0. The highest BCUT2D eigenvalue weighted by molar-refractivity contribution is 9.10. The molecule has 6 nitrogen and oxygen atoms in total. The predicted octanol–water partition coefficient (Wildman–Crippen LogP) is 2.53. The first-order valence-corrected chi connectivity index (χ1v) is 7.53. The number of aliphatic hydroxyl groups is 1. The third-order valence-corrected chi connectivity index (χ3v) is 4.06. The number of amides is 2. The normalized spacial score (nSPS) is 14.4. The Hall–Kier alpha value is -1.60. The van der Waals surface area contributed by atoms with Gasteiger partial charge in [0.05, 0.1) is 17.9 Å². The largest absolute Gasteiger partial charge is 0.478 e. The van der Waals surface area contributed by atoms with Crippen LogP contribution in [0.25, 0.3) is 0 Å². The van der Waals surface area contributed by atoms with Crippen LogP contribution in [0.2, 0.25) is 0 Å². The summed E-state index contributed by atoms with van der Waals surface area (Å²) in [5.74, 6) is -1.10. The summed E-state index contributed by atoms with van der Waals surface area (Å²) in [6, 6.07) is 4.34. The number of nitrogens with one attached hydrogen (secondary N) is 1. The highest BCUT2D eigenvalue weighted by atomic mass is 79.9. The molecule has 0 aliphatic heterocycles. The van der Waals surface area contributed by atoms with Gasteiger partial charge in [0.25, 0.3) is 0 Å². The van der Waals surface area contributed by atoms with E-state index in [1.165, 1.54) is 6.07 Å². The number of hydrogen-bond acceptors (Lipinski definition) is 3. The molecule has 2 amide bonds. The first-order valence-electron chi connectivity index (χ1n) is 6.74. The van der Waals surface area contributed by atoms with Gasteiger partial charge in [0.15, 0.2) is 0 Å². The number of halogens is 1. The van der Waals surface area contributed by atoms with Gasteiger partial charge in [0.1, 0.15) is 0 Å². The number of aromatic carboxylic acids is 1. The molecule has 1 saturated carbocycles. The van der Waals surface area contributed by atoms with E-state index in [4.69, 9.17) is 10.2 Å². The molecule has 1 aromatic carbocycles. The zero-order valence-electron chi connectivity index (χ0n) is 11.4. The van der Waals surface area contributed by atoms with Gasteiger partial charge < -0.3 is 20.4 Å². The minimum absolute atomic E-state index is 0.0316. The Balaban J connectivity index is 2.17. The summed E-state index contributed by atoms with van der Waals surface area (Å²) in [6.07, 6.45) is 2.90. The molecule has 1 aromatic rings. The molecular formula is C14H17BrN2O4. The zero-order valence-corrected chi connectivity index (χ0v) is 13.0. The van der Waals surface area contributed by atoms with Crippen LogP contribution in [0.1, 0.15) is 29.6 Å². The van der Waals surface area contributed by atoms with E-state index in [9.17, 15) is 9.59 Å². The van der Waals surface area contributed by atoms with Crippen molar-refractivity contribution in [1.82, 2.24) is 4.90 Å². The van der Waals surface area contributed by atoms with Crippen LogP contribution in [0.4, 0.5) is 10.5 Å². The van der Waals surface area contributed by atoms with Gasteiger partial charge in [-0.3, -0.25) is 0 Å². The Kier molecular flexibility index (Phi) is 5.19. The summed E-state index contributed by atoms with van der Waals surface area (Å²) in [6.45, 7) is 0.126. The van der Waals surface area contributed by atoms with Gasteiger partial charge in [-0.05, 0) is 37.5 Å². The Morgan fingerprint density at radius 1 is 1.38 bits per heavy atom. The maximum absolute atomic E-state index is 12.3. The molecule has 2 rings (SSSR count). The first-order chi connectivity index (χ1) is 10.0. The first kappa shape index (κ1) is 15.8. The lowest BCUT2D eigenvalue weighted by Gasteiger charge is -2.37. The fourth-order valence-corrected chi connectivity index (χ4v) is 2.61. The monoisotopic (exact) mass is 356 g/mol. The molecule has 0 heterocycles. The Morgan fingerprint density at radius 2 is 2.10 bits per heavy atom. The van der Waals surface area contributed by atoms with Gasteiger partial charge >= 0.3 is 12.0 Å². The molecule has 0 aromatic heterocycles. The lowest BCUT2D eigenvalue weighted by Crippen LogP contribution is -2.47. The molecule has 7 heteroatoms. The molecule has 0 atom stereocenters. The SMILES string of the molecule is O=C(O)c1ccc(Br)cc1NC(=O)N(CCO)C1CCC1. The van der Waals surface area contributed by atoms with E-state index in [0.717, 1.165) is 19.3 Å². The number of carboxylic acid groups (broad SMARTS) is 1. The Bertz CT molecular complexity index is 546. The summed E-state index contributed by atoms with van der Waals surface area (Å²) in [4.78, 5) is 25.1. The van der Waals surface area contributed by atoms with E-state index in [1.54, 1.807) is 17.0 Å². The topological polar surface area (TPSA) is 89.9 Å². The van der Waals surface area contributed by atoms with Crippen molar-refractivity contribution in [3.05, 3.63) is 28.2 Å². The number of carboxylic acids is 1. The van der Waals surface area contributed by atoms with Gasteiger partial charge in [0.2, 0.25) is 0 Å². The molecule has 0 radical (unpaired) electrons. The lowest BCUT2D eigenvalue weighted by molar-refractivity contribution is 0.0698. The highest BCUT2D eigenvalue weighted by Crippen LogP contribution is 2.26. The molecule has 1 fully saturated rings. The fourth-order valence-electron chi connectivity index (χ4n) is 2.25. The van der Waals surface area contributed by atoms with Crippen LogP contribution in [0.3, 0.4) is 0 Å². The molecule has 0 saturated heterocycles. The van der Waals surface area contributed by atoms with Crippen molar-refractivity contribution in [2.45, 2.75) is 25.3 Å². The van der Waals surface area contributed by atoms with Gasteiger partial charge in [-0.1, -0.05) is 15.9 Å². The number of benzene rings is 1. The third-order valence-electron chi connectivity index (χ3n) is 3.57. The van der Waals surface area contributed by atoms with E-state index in [0.29, 0.717) is 4.47 Å². The van der Waals surface area contributed by atoms with E-state index in [2.05, 4.69) is 21.2 Å². The van der Waals surface area contributed by atoms with Crippen LogP contribution in [0.5, 0.6) is 0 Å². The highest BCUT2D eigenvalue weighted by Gasteiger charge is 2.29. The average Bonchev–Trinajstić information content (AvgIpc) is 2.35. The molecule has 21 heavy (non-hydrogen) atoms. The number of nitrogens with zero attached hydrogens (tertiary/aromatic N) is 1.